The number of unbranched alkanes of at least 4 members (excludes halogenated alkanes) is 1. The van der Waals surface area contributed by atoms with Crippen LogP contribution in [0.4, 0.5) is 0 Å². The van der Waals surface area contributed by atoms with Gasteiger partial charge in [0, 0.05) is 32.6 Å². The predicted molar refractivity (Wildman–Crippen MR) is 109 cm³/mol. The maximum atomic E-state index is 9.66. The first-order chi connectivity index (χ1) is 12.8. The third kappa shape index (κ3) is 36.4. The molecule has 8 nitrogen and oxygen atoms in total. The number of aldehydes is 2. The summed E-state index contributed by atoms with van der Waals surface area (Å²) in [6.07, 6.45) is 5.68. The Labute approximate surface area is 166 Å². The number of nitrogens with zero attached hydrogens (tertiary/aromatic N) is 1. The summed E-state index contributed by atoms with van der Waals surface area (Å²) in [6.45, 7) is 6.49. The van der Waals surface area contributed by atoms with Crippen LogP contribution >= 0.6 is 0 Å². The number of amides is 1. The average Bonchev–Trinajstić information content (AvgIpc) is 3.11. The third-order valence-electron chi connectivity index (χ3n) is 2.87. The van der Waals surface area contributed by atoms with Gasteiger partial charge in [0.25, 0.3) is 0 Å². The SMILES string of the molecule is CCCC=O.CN(C=O)CC=O.CNC(C)C.CO.[B]C1CCC(CO)O1. The van der Waals surface area contributed by atoms with Crippen LogP contribution in [0.15, 0.2) is 0 Å². The van der Waals surface area contributed by atoms with Crippen molar-refractivity contribution in [1.29, 1.82) is 0 Å². The van der Waals surface area contributed by atoms with E-state index in [0.717, 1.165) is 32.7 Å². The monoisotopic (exact) mass is 390 g/mol. The Hall–Kier alpha value is -1.29. The summed E-state index contributed by atoms with van der Waals surface area (Å²) >= 11 is 0. The molecule has 0 aliphatic carbocycles. The molecule has 1 aliphatic rings. The lowest BCUT2D eigenvalue weighted by Crippen LogP contribution is -2.17. The first kappa shape index (κ1) is 33.3. The van der Waals surface area contributed by atoms with E-state index in [1.807, 2.05) is 14.0 Å². The van der Waals surface area contributed by atoms with Crippen LogP contribution in [0, 0.1) is 0 Å². The fraction of sp³-hybridized carbons (Fsp3) is 0.833. The lowest BCUT2D eigenvalue weighted by atomic mass is 9.97. The van der Waals surface area contributed by atoms with Crippen LogP contribution in [0.3, 0.4) is 0 Å². The number of ether oxygens (including phenoxy) is 1. The van der Waals surface area contributed by atoms with Crippen LogP contribution < -0.4 is 5.32 Å². The van der Waals surface area contributed by atoms with Crippen molar-refractivity contribution in [3.63, 3.8) is 0 Å². The van der Waals surface area contributed by atoms with Crippen molar-refractivity contribution in [2.45, 2.75) is 64.6 Å². The molecule has 27 heavy (non-hydrogen) atoms. The quantitative estimate of drug-likeness (QED) is 0.418. The number of carbonyl (C=O) groups is 3. The summed E-state index contributed by atoms with van der Waals surface area (Å²) in [6, 6.07) is 0.502. The van der Waals surface area contributed by atoms with Crippen molar-refractivity contribution in [2.75, 3.05) is 34.4 Å². The van der Waals surface area contributed by atoms with Gasteiger partial charge in [-0.25, -0.2) is 0 Å². The van der Waals surface area contributed by atoms with Crippen molar-refractivity contribution in [2.24, 2.45) is 0 Å². The highest BCUT2D eigenvalue weighted by Gasteiger charge is 2.19. The Bertz CT molecular complexity index is 310. The summed E-state index contributed by atoms with van der Waals surface area (Å²) in [5, 5.41) is 18.5. The molecule has 9 heteroatoms. The van der Waals surface area contributed by atoms with Gasteiger partial charge in [-0.15, -0.1) is 0 Å². The van der Waals surface area contributed by atoms with Crippen molar-refractivity contribution >= 4 is 26.8 Å². The zero-order valence-corrected chi connectivity index (χ0v) is 17.8. The number of carbonyl (C=O) groups excluding carboxylic acids is 3. The molecule has 2 radical (unpaired) electrons. The second-order valence-electron chi connectivity index (χ2n) is 5.67. The molecule has 0 bridgehead atoms. The Morgan fingerprint density at radius 3 is 1.85 bits per heavy atom. The fourth-order valence-corrected chi connectivity index (χ4v) is 1.15. The molecule has 3 N–H and O–H groups in total. The van der Waals surface area contributed by atoms with Gasteiger partial charge in [-0.1, -0.05) is 20.8 Å². The van der Waals surface area contributed by atoms with Crippen molar-refractivity contribution in [3.05, 3.63) is 0 Å². The molecule has 1 saturated heterocycles. The second kappa shape index (κ2) is 29.5. The molecule has 160 valence electrons. The molecule has 1 rings (SSSR count). The summed E-state index contributed by atoms with van der Waals surface area (Å²) in [4.78, 5) is 29.9. The maximum Gasteiger partial charge on any atom is 0.209 e. The van der Waals surface area contributed by atoms with E-state index in [4.69, 9.17) is 22.8 Å². The molecule has 1 aliphatic heterocycles. The van der Waals surface area contributed by atoms with Gasteiger partial charge >= 0.3 is 0 Å². The largest absolute Gasteiger partial charge is 0.400 e. The van der Waals surface area contributed by atoms with E-state index < -0.39 is 0 Å². The highest BCUT2D eigenvalue weighted by atomic mass is 16.5. The van der Waals surface area contributed by atoms with Gasteiger partial charge in [0.2, 0.25) is 6.41 Å². The molecular weight excluding hydrogens is 351 g/mol. The van der Waals surface area contributed by atoms with E-state index in [2.05, 4.69) is 19.2 Å². The molecular formula is C18H39BN2O6. The molecule has 0 aromatic heterocycles. The summed E-state index contributed by atoms with van der Waals surface area (Å²) < 4.78 is 5.04. The van der Waals surface area contributed by atoms with Crippen molar-refractivity contribution < 1.29 is 29.3 Å². The Kier molecular flexibility index (Phi) is 36.4. The van der Waals surface area contributed by atoms with E-state index in [1.165, 1.54) is 4.90 Å². The predicted octanol–water partition coefficient (Wildman–Crippen LogP) is 0.134. The van der Waals surface area contributed by atoms with Crippen molar-refractivity contribution in [3.8, 4) is 0 Å². The van der Waals surface area contributed by atoms with Crippen LogP contribution in [0.2, 0.25) is 0 Å². The first-order valence-corrected chi connectivity index (χ1v) is 8.99. The number of aliphatic hydroxyl groups excluding tert-OH is 2. The first-order valence-electron chi connectivity index (χ1n) is 8.99. The Morgan fingerprint density at radius 2 is 1.74 bits per heavy atom. The summed E-state index contributed by atoms with van der Waals surface area (Å²) in [5.41, 5.74) is 0. The minimum atomic E-state index is -0.132. The van der Waals surface area contributed by atoms with Gasteiger partial charge in [-0.2, -0.15) is 0 Å². The van der Waals surface area contributed by atoms with Crippen LogP contribution in [0.1, 0.15) is 46.5 Å². The number of rotatable bonds is 7. The number of nitrogens with one attached hydrogen (secondary N) is 1. The van der Waals surface area contributed by atoms with Gasteiger partial charge < -0.3 is 34.8 Å². The zero-order valence-electron chi connectivity index (χ0n) is 17.8. The molecule has 1 fully saturated rings. The standard InChI is InChI=1S/C5H9BO2.C4H7NO2.C4H11N.C4H8O.CH4O/c6-5-2-1-4(3-7)8-5;1-5(4-7)2-3-6;1-4(2)5-3;1-2-3-4-5;1-2/h4-5,7H,1-3H2;3-4H,2H2,1H3;4-5H,1-3H3;4H,2-3H2,1H3;2H,1H3. The molecule has 2 atom stereocenters. The number of hydrogen-bond acceptors (Lipinski definition) is 7. The normalized spacial score (nSPS) is 16.6. The molecule has 2 unspecified atom stereocenters. The Morgan fingerprint density at radius 1 is 1.22 bits per heavy atom. The molecule has 0 saturated carbocycles. The average molecular weight is 390 g/mol. The summed E-state index contributed by atoms with van der Waals surface area (Å²) in [5.74, 6) is 0. The second-order valence-corrected chi connectivity index (χ2v) is 5.67. The highest BCUT2D eigenvalue weighted by molar-refractivity contribution is 6.11. The minimum Gasteiger partial charge on any atom is -0.400 e. The highest BCUT2D eigenvalue weighted by Crippen LogP contribution is 2.15. The fourth-order valence-electron chi connectivity index (χ4n) is 1.15. The molecule has 1 amide bonds. The van der Waals surface area contributed by atoms with Crippen LogP contribution in [0.5, 0.6) is 0 Å². The van der Waals surface area contributed by atoms with Crippen LogP contribution in [-0.4, -0.2) is 94.4 Å². The molecule has 0 aromatic rings. The van der Waals surface area contributed by atoms with E-state index >= 15 is 0 Å². The number of likely N-dealkylation sites (N-methyl/N-ethyl adjacent to an activating group) is 1. The maximum absolute atomic E-state index is 9.66. The van der Waals surface area contributed by atoms with Crippen LogP contribution in [0.25, 0.3) is 0 Å². The lowest BCUT2D eigenvalue weighted by Gasteiger charge is -2.05. The van der Waals surface area contributed by atoms with E-state index in [9.17, 15) is 14.4 Å². The van der Waals surface area contributed by atoms with Gasteiger partial charge in [0.05, 0.1) is 19.3 Å². The third-order valence-corrected chi connectivity index (χ3v) is 2.87. The topological polar surface area (TPSA) is 116 Å². The summed E-state index contributed by atoms with van der Waals surface area (Å²) in [7, 11) is 9.86. The van der Waals surface area contributed by atoms with Gasteiger partial charge in [-0.05, 0) is 26.3 Å². The van der Waals surface area contributed by atoms with E-state index in [-0.39, 0.29) is 25.3 Å². The minimum absolute atomic E-state index is 0.00463. The molecule has 0 aromatic carbocycles. The van der Waals surface area contributed by atoms with Crippen LogP contribution in [-0.2, 0) is 19.1 Å². The van der Waals surface area contributed by atoms with Gasteiger partial charge in [0.15, 0.2) is 0 Å². The van der Waals surface area contributed by atoms with E-state index in [0.29, 0.717) is 25.2 Å². The molecule has 0 spiro atoms. The van der Waals surface area contributed by atoms with Gasteiger partial charge in [-0.3, -0.25) is 4.79 Å². The number of hydrogen-bond donors (Lipinski definition) is 3. The Balaban J connectivity index is -0.000000129. The van der Waals surface area contributed by atoms with E-state index in [1.54, 1.807) is 7.05 Å². The number of aliphatic hydroxyl groups is 2. The zero-order chi connectivity index (χ0) is 22.1. The molecule has 1 heterocycles. The van der Waals surface area contributed by atoms with Crippen molar-refractivity contribution in [1.82, 2.24) is 10.2 Å². The smallest absolute Gasteiger partial charge is 0.209 e. The lowest BCUT2D eigenvalue weighted by molar-refractivity contribution is -0.120. The van der Waals surface area contributed by atoms with Gasteiger partial charge in [0.1, 0.15) is 20.4 Å².